The lowest BCUT2D eigenvalue weighted by molar-refractivity contribution is -0.138. The van der Waals surface area contributed by atoms with E-state index >= 15 is 0 Å². The lowest BCUT2D eigenvalue weighted by Crippen LogP contribution is -2.43. The molecule has 1 saturated heterocycles. The van der Waals surface area contributed by atoms with E-state index in [4.69, 9.17) is 32.7 Å². The number of ether oxygens (including phenoxy) is 2. The summed E-state index contributed by atoms with van der Waals surface area (Å²) in [5, 5.41) is 12.3. The van der Waals surface area contributed by atoms with Crippen molar-refractivity contribution in [3.05, 3.63) is 63.3 Å². The zero-order chi connectivity index (χ0) is 21.5. The largest absolute Gasteiger partial charge is 0.508 e. The second-order valence-corrected chi connectivity index (χ2v) is 8.56. The highest BCUT2D eigenvalue weighted by Crippen LogP contribution is 2.46. The van der Waals surface area contributed by atoms with Crippen LogP contribution in [-0.2, 0) is 20.7 Å². The van der Waals surface area contributed by atoms with Crippen LogP contribution in [-0.4, -0.2) is 35.8 Å². The van der Waals surface area contributed by atoms with Gasteiger partial charge in [-0.15, -0.1) is 0 Å². The first-order valence-electron chi connectivity index (χ1n) is 10.2. The topological polar surface area (TPSA) is 55.8 Å². The second kappa shape index (κ2) is 8.35. The maximum Gasteiger partial charge on any atom is 0.195 e. The average Bonchev–Trinajstić information content (AvgIpc) is 3.14. The summed E-state index contributed by atoms with van der Waals surface area (Å²) >= 11 is 12.5. The van der Waals surface area contributed by atoms with Crippen LogP contribution in [0.2, 0.25) is 10.0 Å². The Hall–Kier alpha value is -1.85. The third kappa shape index (κ3) is 3.56. The van der Waals surface area contributed by atoms with Crippen LogP contribution in [0, 0.1) is 0 Å². The number of aliphatic hydroxyl groups is 1. The van der Waals surface area contributed by atoms with Gasteiger partial charge < -0.3 is 14.6 Å². The Morgan fingerprint density at radius 1 is 1.17 bits per heavy atom. The quantitative estimate of drug-likeness (QED) is 0.588. The fourth-order valence-electron chi connectivity index (χ4n) is 4.33. The molecule has 0 aliphatic carbocycles. The van der Waals surface area contributed by atoms with Crippen LogP contribution in [0.5, 0.6) is 0 Å². The maximum absolute atomic E-state index is 13.2. The van der Waals surface area contributed by atoms with Crippen molar-refractivity contribution in [1.82, 2.24) is 0 Å². The van der Waals surface area contributed by atoms with Gasteiger partial charge in [-0.3, -0.25) is 4.79 Å². The van der Waals surface area contributed by atoms with Crippen LogP contribution < -0.4 is 0 Å². The summed E-state index contributed by atoms with van der Waals surface area (Å²) in [6.07, 6.45) is 1.30. The Morgan fingerprint density at radius 2 is 1.97 bits per heavy atom. The number of fused-ring (bicyclic) bond motifs is 2. The number of halogens is 2. The zero-order valence-electron chi connectivity index (χ0n) is 17.0. The van der Waals surface area contributed by atoms with Crippen LogP contribution >= 0.6 is 23.2 Å². The van der Waals surface area contributed by atoms with Crippen molar-refractivity contribution >= 4 is 34.6 Å². The molecule has 4 rings (SSSR count). The zero-order valence-corrected chi connectivity index (χ0v) is 18.5. The molecule has 2 aromatic carbocycles. The van der Waals surface area contributed by atoms with E-state index in [1.807, 2.05) is 38.1 Å². The van der Waals surface area contributed by atoms with Gasteiger partial charge in [0.25, 0.3) is 0 Å². The summed E-state index contributed by atoms with van der Waals surface area (Å²) in [5.41, 5.74) is 2.76. The van der Waals surface area contributed by atoms with Crippen molar-refractivity contribution in [3.8, 4) is 11.1 Å². The predicted octanol–water partition coefficient (Wildman–Crippen LogP) is 6.03. The van der Waals surface area contributed by atoms with E-state index in [1.165, 1.54) is 0 Å². The minimum atomic E-state index is -0.956. The first-order chi connectivity index (χ1) is 14.4. The normalized spacial score (nSPS) is 23.3. The lowest BCUT2D eigenvalue weighted by atomic mass is 9.86. The SMILES string of the molecule is CCOC[C@]12CC[C@@H](O1)C(=O)C(c1cc(-c3ccc(Cl)cc3Cl)ccc1CC)=C2O. The summed E-state index contributed by atoms with van der Waals surface area (Å²) in [4.78, 5) is 13.2. The molecule has 2 bridgehead atoms. The Morgan fingerprint density at radius 3 is 2.67 bits per heavy atom. The third-order valence-corrected chi connectivity index (χ3v) is 6.47. The van der Waals surface area contributed by atoms with Gasteiger partial charge in [-0.05, 0) is 61.1 Å². The number of hydrogen-bond donors (Lipinski definition) is 1. The lowest BCUT2D eigenvalue weighted by Gasteiger charge is -2.34. The fraction of sp³-hybridized carbons (Fsp3) is 0.375. The third-order valence-electron chi connectivity index (χ3n) is 5.93. The van der Waals surface area contributed by atoms with Gasteiger partial charge in [0.15, 0.2) is 5.78 Å². The first kappa shape index (κ1) is 21.4. The minimum Gasteiger partial charge on any atom is -0.508 e. The molecule has 2 atom stereocenters. The van der Waals surface area contributed by atoms with Crippen molar-refractivity contribution in [2.75, 3.05) is 13.2 Å². The van der Waals surface area contributed by atoms with Gasteiger partial charge in [0.1, 0.15) is 17.5 Å². The smallest absolute Gasteiger partial charge is 0.195 e. The van der Waals surface area contributed by atoms with Crippen molar-refractivity contribution in [1.29, 1.82) is 0 Å². The van der Waals surface area contributed by atoms with Crippen LogP contribution in [0.15, 0.2) is 42.2 Å². The van der Waals surface area contributed by atoms with Gasteiger partial charge in [0.2, 0.25) is 0 Å². The monoisotopic (exact) mass is 446 g/mol. The van der Waals surface area contributed by atoms with Gasteiger partial charge in [0.05, 0.1) is 12.2 Å². The van der Waals surface area contributed by atoms with E-state index < -0.39 is 11.7 Å². The van der Waals surface area contributed by atoms with Crippen LogP contribution in [0.3, 0.4) is 0 Å². The van der Waals surface area contributed by atoms with Gasteiger partial charge in [-0.1, -0.05) is 48.3 Å². The summed E-state index contributed by atoms with van der Waals surface area (Å²) in [7, 11) is 0. The molecule has 0 radical (unpaired) electrons. The van der Waals surface area contributed by atoms with E-state index in [2.05, 4.69) is 0 Å². The molecule has 1 fully saturated rings. The summed E-state index contributed by atoms with van der Waals surface area (Å²) in [5.74, 6) is -0.199. The Bertz CT molecular complexity index is 1030. The van der Waals surface area contributed by atoms with Crippen molar-refractivity contribution in [2.45, 2.75) is 44.8 Å². The molecule has 0 spiro atoms. The Balaban J connectivity index is 1.88. The summed E-state index contributed by atoms with van der Waals surface area (Å²) in [6.45, 7) is 4.66. The number of rotatable bonds is 6. The minimum absolute atomic E-state index is 0.0243. The molecule has 4 nitrogen and oxygen atoms in total. The highest BCUT2D eigenvalue weighted by molar-refractivity contribution is 6.36. The number of benzene rings is 2. The molecule has 0 saturated carbocycles. The highest BCUT2D eigenvalue weighted by Gasteiger charge is 2.53. The Labute approximate surface area is 186 Å². The van der Waals surface area contributed by atoms with E-state index in [9.17, 15) is 9.90 Å². The molecule has 6 heteroatoms. The average molecular weight is 447 g/mol. The summed E-state index contributed by atoms with van der Waals surface area (Å²) < 4.78 is 11.6. The van der Waals surface area contributed by atoms with E-state index in [0.717, 1.165) is 28.7 Å². The number of carbonyl (C=O) groups excluding carboxylic acids is 1. The van der Waals surface area contributed by atoms with Gasteiger partial charge in [-0.2, -0.15) is 0 Å². The van der Waals surface area contributed by atoms with Crippen molar-refractivity contribution in [2.24, 2.45) is 0 Å². The maximum atomic E-state index is 13.2. The summed E-state index contributed by atoms with van der Waals surface area (Å²) in [6, 6.07) is 11.2. The number of carbonyl (C=O) groups is 1. The molecule has 158 valence electrons. The fourth-order valence-corrected chi connectivity index (χ4v) is 4.85. The molecule has 2 heterocycles. The van der Waals surface area contributed by atoms with E-state index in [0.29, 0.717) is 35.1 Å². The Kier molecular flexibility index (Phi) is 5.95. The second-order valence-electron chi connectivity index (χ2n) is 7.71. The number of aliphatic hydroxyl groups excluding tert-OH is 1. The molecule has 0 amide bonds. The molecular formula is C24H24Cl2O4. The number of Topliss-reactive ketones (excluding diaryl/α,β-unsaturated/α-hetero) is 1. The number of ketones is 1. The van der Waals surface area contributed by atoms with Crippen LogP contribution in [0.1, 0.15) is 37.8 Å². The molecule has 0 aromatic heterocycles. The molecule has 2 aliphatic heterocycles. The number of hydrogen-bond acceptors (Lipinski definition) is 4. The molecule has 30 heavy (non-hydrogen) atoms. The molecular weight excluding hydrogens is 423 g/mol. The predicted molar refractivity (Wildman–Crippen MR) is 119 cm³/mol. The van der Waals surface area contributed by atoms with Crippen LogP contribution in [0.25, 0.3) is 16.7 Å². The van der Waals surface area contributed by atoms with Crippen molar-refractivity contribution in [3.63, 3.8) is 0 Å². The molecule has 0 unspecified atom stereocenters. The van der Waals surface area contributed by atoms with Gasteiger partial charge in [0, 0.05) is 22.2 Å². The van der Waals surface area contributed by atoms with Crippen molar-refractivity contribution < 1.29 is 19.4 Å². The van der Waals surface area contributed by atoms with Gasteiger partial charge >= 0.3 is 0 Å². The first-order valence-corrected chi connectivity index (χ1v) is 11.0. The highest BCUT2D eigenvalue weighted by atomic mass is 35.5. The van der Waals surface area contributed by atoms with Gasteiger partial charge in [-0.25, -0.2) is 0 Å². The number of aryl methyl sites for hydroxylation is 1. The van der Waals surface area contributed by atoms with Crippen LogP contribution in [0.4, 0.5) is 0 Å². The van der Waals surface area contributed by atoms with E-state index in [1.54, 1.807) is 12.1 Å². The standard InChI is InChI=1S/C24H24Cl2O4/c1-3-14-5-6-15(17-8-7-16(25)12-19(17)26)11-18(14)21-22(27)20-9-10-24(30-20,23(21)28)13-29-4-2/h5-8,11-12,20,28H,3-4,9-10,13H2,1-2H3/t20-,24+/m1/s1. The van der Waals surface area contributed by atoms with E-state index in [-0.39, 0.29) is 18.1 Å². The molecule has 2 aliphatic rings. The molecule has 2 aromatic rings. The molecule has 1 N–H and O–H groups in total.